The van der Waals surface area contributed by atoms with Crippen molar-refractivity contribution in [3.8, 4) is 0 Å². The average molecular weight is 332 g/mol. The van der Waals surface area contributed by atoms with Crippen molar-refractivity contribution >= 4 is 17.4 Å². The number of anilines is 1. The van der Waals surface area contributed by atoms with E-state index < -0.39 is 0 Å². The van der Waals surface area contributed by atoms with Crippen molar-refractivity contribution in [3.63, 3.8) is 0 Å². The van der Waals surface area contributed by atoms with Gasteiger partial charge in [0.25, 0.3) is 0 Å². The highest BCUT2D eigenvalue weighted by molar-refractivity contribution is 6.00. The molecule has 0 bridgehead atoms. The fourth-order valence-corrected chi connectivity index (χ4v) is 2.06. The van der Waals surface area contributed by atoms with Crippen LogP contribution >= 0.6 is 0 Å². The lowest BCUT2D eigenvalue weighted by atomic mass is 9.92. The fourth-order valence-electron chi connectivity index (χ4n) is 2.06. The van der Waals surface area contributed by atoms with Crippen LogP contribution in [0.1, 0.15) is 69.3 Å². The van der Waals surface area contributed by atoms with Crippen LogP contribution in [0.15, 0.2) is 30.4 Å². The maximum absolute atomic E-state index is 11.9. The summed E-state index contributed by atoms with van der Waals surface area (Å²) >= 11 is 0. The second-order valence-electron chi connectivity index (χ2n) is 7.32. The van der Waals surface area contributed by atoms with Crippen molar-refractivity contribution in [1.29, 1.82) is 0 Å². The molecule has 0 unspecified atom stereocenters. The van der Waals surface area contributed by atoms with E-state index in [-0.39, 0.29) is 17.1 Å². The molecular weight excluding hydrogens is 300 g/mol. The van der Waals surface area contributed by atoms with Crippen LogP contribution in [0.2, 0.25) is 0 Å². The van der Waals surface area contributed by atoms with Gasteiger partial charge in [0, 0.05) is 24.1 Å². The van der Waals surface area contributed by atoms with Crippen molar-refractivity contribution in [2.75, 3.05) is 5.73 Å². The molecule has 0 saturated carbocycles. The van der Waals surface area contributed by atoms with Gasteiger partial charge in [-0.05, 0) is 42.9 Å². The maximum Gasteiger partial charge on any atom is 0.217 e. The Balaban J connectivity index is 0.000000561. The van der Waals surface area contributed by atoms with Crippen molar-refractivity contribution in [1.82, 2.24) is 0 Å². The predicted molar refractivity (Wildman–Crippen MR) is 102 cm³/mol. The van der Waals surface area contributed by atoms with E-state index in [0.717, 1.165) is 24.0 Å². The topological polar surface area (TPSA) is 86.2 Å². The van der Waals surface area contributed by atoms with E-state index in [1.165, 1.54) is 0 Å². The first-order valence-corrected chi connectivity index (χ1v) is 8.30. The Kier molecular flexibility index (Phi) is 9.04. The SMILES string of the molecule is C=C(CC)CCC(=O)c1ccc(C)cc1N.CC(C)(C)CC(N)=O. The van der Waals surface area contributed by atoms with Gasteiger partial charge in [-0.15, -0.1) is 0 Å². The van der Waals surface area contributed by atoms with Crippen molar-refractivity contribution in [3.05, 3.63) is 41.5 Å². The number of rotatable bonds is 6. The molecule has 4 nitrogen and oxygen atoms in total. The summed E-state index contributed by atoms with van der Waals surface area (Å²) in [6.45, 7) is 13.9. The number of allylic oxidation sites excluding steroid dienone is 1. The van der Waals surface area contributed by atoms with Crippen LogP contribution in [0.3, 0.4) is 0 Å². The quantitative estimate of drug-likeness (QED) is 0.459. The minimum atomic E-state index is -0.225. The highest BCUT2D eigenvalue weighted by Crippen LogP contribution is 2.18. The number of benzene rings is 1. The maximum atomic E-state index is 11.9. The highest BCUT2D eigenvalue weighted by Gasteiger charge is 2.12. The zero-order valence-electron chi connectivity index (χ0n) is 15.7. The molecule has 1 aromatic rings. The van der Waals surface area contributed by atoms with Crippen LogP contribution in [0.25, 0.3) is 0 Å². The third kappa shape index (κ3) is 9.82. The van der Waals surface area contributed by atoms with E-state index >= 15 is 0 Å². The molecule has 4 N–H and O–H groups in total. The Labute approximate surface area is 146 Å². The standard InChI is InChI=1S/C14H19NO.C6H13NO/c1-4-10(2)6-8-14(16)12-7-5-11(3)9-13(12)15;1-6(2,3)4-5(7)8/h5,7,9H,2,4,6,8,15H2,1,3H3;4H2,1-3H3,(H2,7,8). The molecular formula is C20H32N2O2. The van der Waals surface area contributed by atoms with Gasteiger partial charge in [0.1, 0.15) is 0 Å². The van der Waals surface area contributed by atoms with E-state index in [1.54, 1.807) is 0 Å². The first kappa shape index (κ1) is 21.9. The van der Waals surface area contributed by atoms with Crippen molar-refractivity contribution < 1.29 is 9.59 Å². The zero-order chi connectivity index (χ0) is 18.9. The summed E-state index contributed by atoms with van der Waals surface area (Å²) in [5.41, 5.74) is 14.2. The third-order valence-electron chi connectivity index (χ3n) is 3.42. The van der Waals surface area contributed by atoms with E-state index in [1.807, 2.05) is 52.8 Å². The molecule has 0 aliphatic heterocycles. The minimum absolute atomic E-state index is 0.0475. The van der Waals surface area contributed by atoms with Crippen LogP contribution < -0.4 is 11.5 Å². The van der Waals surface area contributed by atoms with E-state index in [0.29, 0.717) is 24.1 Å². The molecule has 0 heterocycles. The van der Waals surface area contributed by atoms with Crippen molar-refractivity contribution in [2.24, 2.45) is 11.1 Å². The summed E-state index contributed by atoms with van der Waals surface area (Å²) in [6.07, 6.45) is 2.65. The first-order chi connectivity index (χ1) is 11.0. The van der Waals surface area contributed by atoms with Crippen LogP contribution in [0.5, 0.6) is 0 Å². The van der Waals surface area contributed by atoms with Crippen LogP contribution in [-0.4, -0.2) is 11.7 Å². The number of carbonyl (C=O) groups is 2. The van der Waals surface area contributed by atoms with Gasteiger partial charge in [-0.2, -0.15) is 0 Å². The number of primary amides is 1. The molecule has 134 valence electrons. The summed E-state index contributed by atoms with van der Waals surface area (Å²) in [6, 6.07) is 5.56. The molecule has 1 amide bonds. The summed E-state index contributed by atoms with van der Waals surface area (Å²) in [4.78, 5) is 22.1. The normalized spacial score (nSPS) is 10.5. The second kappa shape index (κ2) is 9.91. The minimum Gasteiger partial charge on any atom is -0.398 e. The first-order valence-electron chi connectivity index (χ1n) is 8.30. The Morgan fingerprint density at radius 3 is 2.12 bits per heavy atom. The molecule has 0 spiro atoms. The van der Waals surface area contributed by atoms with Gasteiger partial charge in [0.05, 0.1) is 0 Å². The third-order valence-corrected chi connectivity index (χ3v) is 3.42. The summed E-state index contributed by atoms with van der Waals surface area (Å²) < 4.78 is 0. The second-order valence-corrected chi connectivity index (χ2v) is 7.32. The molecule has 0 atom stereocenters. The van der Waals surface area contributed by atoms with Gasteiger partial charge < -0.3 is 11.5 Å². The molecule has 1 aromatic carbocycles. The molecule has 0 aliphatic rings. The Bertz CT molecular complexity index is 584. The van der Waals surface area contributed by atoms with Gasteiger partial charge in [-0.1, -0.05) is 45.9 Å². The van der Waals surface area contributed by atoms with Gasteiger partial charge in [0.15, 0.2) is 5.78 Å². The summed E-state index contributed by atoms with van der Waals surface area (Å²) in [5, 5.41) is 0. The molecule has 0 fully saturated rings. The van der Waals surface area contributed by atoms with Crippen LogP contribution in [0.4, 0.5) is 5.69 Å². The number of carbonyl (C=O) groups excluding carboxylic acids is 2. The number of nitrogens with two attached hydrogens (primary N) is 2. The van der Waals surface area contributed by atoms with Gasteiger partial charge in [-0.3, -0.25) is 9.59 Å². The largest absolute Gasteiger partial charge is 0.398 e. The fraction of sp³-hybridized carbons (Fsp3) is 0.500. The van der Waals surface area contributed by atoms with Gasteiger partial charge in [-0.25, -0.2) is 0 Å². The number of amides is 1. The monoisotopic (exact) mass is 332 g/mol. The number of ketones is 1. The molecule has 4 heteroatoms. The Morgan fingerprint density at radius 2 is 1.75 bits per heavy atom. The van der Waals surface area contributed by atoms with Gasteiger partial charge >= 0.3 is 0 Å². The number of Topliss-reactive ketones (excluding diaryl/α,β-unsaturated/α-hetero) is 1. The van der Waals surface area contributed by atoms with Crippen LogP contribution in [0, 0.1) is 12.3 Å². The van der Waals surface area contributed by atoms with Crippen LogP contribution in [-0.2, 0) is 4.79 Å². The lowest BCUT2D eigenvalue weighted by Crippen LogP contribution is -2.19. The molecule has 1 rings (SSSR count). The number of hydrogen-bond acceptors (Lipinski definition) is 3. The zero-order valence-corrected chi connectivity index (χ0v) is 15.7. The molecule has 0 saturated heterocycles. The van der Waals surface area contributed by atoms with Gasteiger partial charge in [0.2, 0.25) is 5.91 Å². The lowest BCUT2D eigenvalue weighted by Gasteiger charge is -2.13. The van der Waals surface area contributed by atoms with E-state index in [4.69, 9.17) is 11.5 Å². The number of nitrogen functional groups attached to an aromatic ring is 1. The molecule has 24 heavy (non-hydrogen) atoms. The van der Waals surface area contributed by atoms with E-state index in [9.17, 15) is 9.59 Å². The summed E-state index contributed by atoms with van der Waals surface area (Å²) in [5.74, 6) is -0.121. The molecule has 0 aliphatic carbocycles. The van der Waals surface area contributed by atoms with Crippen molar-refractivity contribution in [2.45, 2.75) is 60.3 Å². The highest BCUT2D eigenvalue weighted by atomic mass is 16.1. The average Bonchev–Trinajstić information content (AvgIpc) is 2.42. The molecule has 0 radical (unpaired) electrons. The van der Waals surface area contributed by atoms with E-state index in [2.05, 4.69) is 6.58 Å². The smallest absolute Gasteiger partial charge is 0.217 e. The summed E-state index contributed by atoms with van der Waals surface area (Å²) in [7, 11) is 0. The Hall–Kier alpha value is -2.10. The predicted octanol–water partition coefficient (Wildman–Crippen LogP) is 4.41. The lowest BCUT2D eigenvalue weighted by molar-refractivity contribution is -0.119. The Morgan fingerprint density at radius 1 is 1.17 bits per heavy atom. The number of aryl methyl sites for hydroxylation is 1. The number of hydrogen-bond donors (Lipinski definition) is 2. The molecule has 0 aromatic heterocycles.